The number of benzene rings is 2. The van der Waals surface area contributed by atoms with Crippen molar-refractivity contribution in [3.63, 3.8) is 0 Å². The molecule has 2 nitrogen and oxygen atoms in total. The van der Waals surface area contributed by atoms with Gasteiger partial charge in [-0.3, -0.25) is 0 Å². The van der Waals surface area contributed by atoms with E-state index in [9.17, 15) is 4.39 Å². The number of rotatable bonds is 2. The molecule has 3 rings (SSSR count). The summed E-state index contributed by atoms with van der Waals surface area (Å²) < 4.78 is 13.2. The lowest BCUT2D eigenvalue weighted by Gasteiger charge is -2.32. The molecule has 0 atom stereocenters. The molecule has 0 radical (unpaired) electrons. The summed E-state index contributed by atoms with van der Waals surface area (Å²) in [4.78, 5) is 2.28. The average molecular weight is 256 g/mol. The topological polar surface area (TPSA) is 29.3 Å². The molecule has 1 aliphatic rings. The van der Waals surface area contributed by atoms with Gasteiger partial charge in [-0.15, -0.1) is 0 Å². The van der Waals surface area contributed by atoms with Gasteiger partial charge in [0.1, 0.15) is 5.82 Å². The van der Waals surface area contributed by atoms with Crippen molar-refractivity contribution in [1.29, 1.82) is 0 Å². The molecule has 0 amide bonds. The van der Waals surface area contributed by atoms with Crippen LogP contribution < -0.4 is 10.6 Å². The summed E-state index contributed by atoms with van der Waals surface area (Å²) >= 11 is 0. The first-order valence-electron chi connectivity index (χ1n) is 6.61. The van der Waals surface area contributed by atoms with E-state index in [1.165, 1.54) is 17.3 Å². The molecule has 19 heavy (non-hydrogen) atoms. The Labute approximate surface area is 112 Å². The Bertz CT molecular complexity index is 595. The minimum absolute atomic E-state index is 0.178. The summed E-state index contributed by atoms with van der Waals surface area (Å²) in [6, 6.07) is 12.8. The van der Waals surface area contributed by atoms with Crippen molar-refractivity contribution in [3.05, 3.63) is 59.4 Å². The summed E-state index contributed by atoms with van der Waals surface area (Å²) in [7, 11) is 0. The molecule has 0 saturated carbocycles. The normalized spacial score (nSPS) is 14.3. The van der Waals surface area contributed by atoms with Crippen LogP contribution in [0.2, 0.25) is 0 Å². The first kappa shape index (κ1) is 12.0. The van der Waals surface area contributed by atoms with Gasteiger partial charge in [-0.05, 0) is 48.2 Å². The van der Waals surface area contributed by atoms with Crippen LogP contribution in [0.5, 0.6) is 0 Å². The van der Waals surface area contributed by atoms with E-state index in [2.05, 4.69) is 11.0 Å². The van der Waals surface area contributed by atoms with Crippen molar-refractivity contribution in [1.82, 2.24) is 0 Å². The van der Waals surface area contributed by atoms with Gasteiger partial charge < -0.3 is 10.6 Å². The number of nitrogen functional groups attached to an aromatic ring is 1. The van der Waals surface area contributed by atoms with Crippen LogP contribution in [0, 0.1) is 5.82 Å². The standard InChI is InChI=1S/C16H17FN2/c17-13-5-1-4-12(10-13)11-19-9-3-6-14-15(18)7-2-8-16(14)19/h1-2,4-5,7-8,10H,3,6,9,11,18H2. The van der Waals surface area contributed by atoms with Gasteiger partial charge in [-0.1, -0.05) is 18.2 Å². The van der Waals surface area contributed by atoms with E-state index < -0.39 is 0 Å². The van der Waals surface area contributed by atoms with Gasteiger partial charge >= 0.3 is 0 Å². The molecule has 1 aliphatic heterocycles. The smallest absolute Gasteiger partial charge is 0.123 e. The number of hydrogen-bond acceptors (Lipinski definition) is 2. The Morgan fingerprint density at radius 3 is 2.84 bits per heavy atom. The Hall–Kier alpha value is -2.03. The molecule has 2 N–H and O–H groups in total. The highest BCUT2D eigenvalue weighted by Crippen LogP contribution is 2.32. The first-order valence-corrected chi connectivity index (χ1v) is 6.61. The van der Waals surface area contributed by atoms with Crippen molar-refractivity contribution in [2.24, 2.45) is 0 Å². The van der Waals surface area contributed by atoms with E-state index in [0.717, 1.165) is 37.2 Å². The fourth-order valence-corrected chi connectivity index (χ4v) is 2.75. The van der Waals surface area contributed by atoms with Crippen LogP contribution in [0.3, 0.4) is 0 Å². The molecule has 2 aromatic rings. The Balaban J connectivity index is 1.90. The van der Waals surface area contributed by atoms with Crippen molar-refractivity contribution in [2.75, 3.05) is 17.2 Å². The van der Waals surface area contributed by atoms with E-state index in [-0.39, 0.29) is 5.82 Å². The number of hydrogen-bond donors (Lipinski definition) is 1. The third kappa shape index (κ3) is 2.41. The van der Waals surface area contributed by atoms with E-state index in [1.54, 1.807) is 12.1 Å². The van der Waals surface area contributed by atoms with Gasteiger partial charge in [-0.25, -0.2) is 4.39 Å². The van der Waals surface area contributed by atoms with Crippen molar-refractivity contribution in [2.45, 2.75) is 19.4 Å². The Morgan fingerprint density at radius 1 is 1.16 bits per heavy atom. The molecular formula is C16H17FN2. The van der Waals surface area contributed by atoms with Crippen LogP contribution >= 0.6 is 0 Å². The van der Waals surface area contributed by atoms with Crippen LogP contribution in [0.1, 0.15) is 17.5 Å². The number of halogens is 1. The van der Waals surface area contributed by atoms with Gasteiger partial charge in [0.2, 0.25) is 0 Å². The van der Waals surface area contributed by atoms with Crippen LogP contribution in [0.25, 0.3) is 0 Å². The maximum atomic E-state index is 13.2. The van der Waals surface area contributed by atoms with Crippen LogP contribution in [-0.4, -0.2) is 6.54 Å². The molecule has 1 heterocycles. The number of nitrogens with two attached hydrogens (primary N) is 1. The summed E-state index contributed by atoms with van der Waals surface area (Å²) in [5.41, 5.74) is 10.3. The molecule has 0 aromatic heterocycles. The lowest BCUT2D eigenvalue weighted by atomic mass is 9.99. The highest BCUT2D eigenvalue weighted by Gasteiger charge is 2.18. The molecule has 3 heteroatoms. The molecule has 0 bridgehead atoms. The predicted molar refractivity (Wildman–Crippen MR) is 76.6 cm³/mol. The van der Waals surface area contributed by atoms with Crippen molar-refractivity contribution >= 4 is 11.4 Å². The third-order valence-electron chi connectivity index (χ3n) is 3.65. The molecule has 0 saturated heterocycles. The highest BCUT2D eigenvalue weighted by molar-refractivity contribution is 5.66. The minimum Gasteiger partial charge on any atom is -0.398 e. The fourth-order valence-electron chi connectivity index (χ4n) is 2.75. The predicted octanol–water partition coefficient (Wildman–Crippen LogP) is 3.36. The van der Waals surface area contributed by atoms with Gasteiger partial charge in [0.25, 0.3) is 0 Å². The lowest BCUT2D eigenvalue weighted by Crippen LogP contribution is -2.29. The molecular weight excluding hydrogens is 239 g/mol. The SMILES string of the molecule is Nc1cccc2c1CCCN2Cc1cccc(F)c1. The van der Waals surface area contributed by atoms with E-state index in [0.29, 0.717) is 0 Å². The summed E-state index contributed by atoms with van der Waals surface area (Å²) in [6.07, 6.45) is 2.12. The maximum absolute atomic E-state index is 13.2. The maximum Gasteiger partial charge on any atom is 0.123 e. The van der Waals surface area contributed by atoms with Gasteiger partial charge in [0.15, 0.2) is 0 Å². The number of nitrogens with zero attached hydrogens (tertiary/aromatic N) is 1. The van der Waals surface area contributed by atoms with Gasteiger partial charge in [0.05, 0.1) is 0 Å². The molecule has 0 unspecified atom stereocenters. The molecule has 0 aliphatic carbocycles. The van der Waals surface area contributed by atoms with Crippen LogP contribution in [-0.2, 0) is 13.0 Å². The zero-order valence-corrected chi connectivity index (χ0v) is 10.8. The molecule has 2 aromatic carbocycles. The van der Waals surface area contributed by atoms with Crippen molar-refractivity contribution in [3.8, 4) is 0 Å². The zero-order chi connectivity index (χ0) is 13.2. The second kappa shape index (κ2) is 4.92. The monoisotopic (exact) mass is 256 g/mol. The summed E-state index contributed by atoms with van der Waals surface area (Å²) in [6.45, 7) is 1.72. The lowest BCUT2D eigenvalue weighted by molar-refractivity contribution is 0.622. The van der Waals surface area contributed by atoms with Crippen LogP contribution in [0.15, 0.2) is 42.5 Å². The molecule has 0 spiro atoms. The molecule has 98 valence electrons. The molecule has 0 fully saturated rings. The zero-order valence-electron chi connectivity index (χ0n) is 10.8. The quantitative estimate of drug-likeness (QED) is 0.835. The Morgan fingerprint density at radius 2 is 2.00 bits per heavy atom. The fraction of sp³-hybridized carbons (Fsp3) is 0.250. The summed E-state index contributed by atoms with van der Waals surface area (Å²) in [5.74, 6) is -0.178. The Kier molecular flexibility index (Phi) is 3.11. The largest absolute Gasteiger partial charge is 0.398 e. The summed E-state index contributed by atoms with van der Waals surface area (Å²) in [5, 5.41) is 0. The van der Waals surface area contributed by atoms with E-state index in [1.807, 2.05) is 18.2 Å². The third-order valence-corrected chi connectivity index (χ3v) is 3.65. The van der Waals surface area contributed by atoms with E-state index in [4.69, 9.17) is 5.73 Å². The van der Waals surface area contributed by atoms with E-state index >= 15 is 0 Å². The second-order valence-corrected chi connectivity index (χ2v) is 5.00. The number of fused-ring (bicyclic) bond motifs is 1. The second-order valence-electron chi connectivity index (χ2n) is 5.00. The highest BCUT2D eigenvalue weighted by atomic mass is 19.1. The first-order chi connectivity index (χ1) is 9.24. The van der Waals surface area contributed by atoms with Gasteiger partial charge in [-0.2, -0.15) is 0 Å². The van der Waals surface area contributed by atoms with Crippen molar-refractivity contribution < 1.29 is 4.39 Å². The number of anilines is 2. The minimum atomic E-state index is -0.178. The average Bonchev–Trinajstić information content (AvgIpc) is 2.40. The van der Waals surface area contributed by atoms with Gasteiger partial charge in [0, 0.05) is 24.5 Å². The van der Waals surface area contributed by atoms with Crippen LogP contribution in [0.4, 0.5) is 15.8 Å².